The van der Waals surface area contributed by atoms with Gasteiger partial charge in [-0.25, -0.2) is 0 Å². The molecular weight excluding hydrogens is 259 g/mol. The molecule has 0 saturated heterocycles. The molecule has 1 heteroatoms. The molecule has 0 bridgehead atoms. The van der Waals surface area contributed by atoms with E-state index < -0.39 is 0 Å². The van der Waals surface area contributed by atoms with E-state index in [9.17, 15) is 0 Å². The summed E-state index contributed by atoms with van der Waals surface area (Å²) in [5.74, 6) is 0. The summed E-state index contributed by atoms with van der Waals surface area (Å²) in [6, 6.07) is 8.74. The van der Waals surface area contributed by atoms with Crippen molar-refractivity contribution in [3.05, 3.63) is 65.3 Å². The Balaban J connectivity index is 2.13. The van der Waals surface area contributed by atoms with Crippen LogP contribution in [0.5, 0.6) is 0 Å². The van der Waals surface area contributed by atoms with Gasteiger partial charge in [-0.15, -0.1) is 0 Å². The van der Waals surface area contributed by atoms with E-state index in [4.69, 9.17) is 0 Å². The predicted molar refractivity (Wildman–Crippen MR) is 59.0 cm³/mol. The molecule has 1 aromatic carbocycles. The Morgan fingerprint density at radius 1 is 1.20 bits per heavy atom. The molecule has 0 spiro atoms. The Bertz CT molecular complexity index is 494. The van der Waals surface area contributed by atoms with Gasteiger partial charge >= 0.3 is 106 Å². The van der Waals surface area contributed by atoms with Gasteiger partial charge in [0, 0.05) is 0 Å². The monoisotopic (exact) mass is 269 g/mol. The quantitative estimate of drug-likeness (QED) is 0.734. The summed E-state index contributed by atoms with van der Waals surface area (Å²) in [5.41, 5.74) is 4.42. The second-order valence-corrected chi connectivity index (χ2v) is 5.99. The second-order valence-electron chi connectivity index (χ2n) is 4.05. The van der Waals surface area contributed by atoms with Crippen LogP contribution in [0.15, 0.2) is 54.1 Å². The number of hydrogen-bond acceptors (Lipinski definition) is 0. The fourth-order valence-electron chi connectivity index (χ4n) is 2.33. The first-order chi connectivity index (χ1) is 7.31. The first-order valence-corrected chi connectivity index (χ1v) is 6.43. The molecule has 0 saturated carbocycles. The molecule has 1 atom stereocenters. The molecule has 3 rings (SSSR count). The average Bonchev–Trinajstić information content (AvgIpc) is 2.88. The number of benzene rings is 1. The molecule has 0 aromatic heterocycles. The van der Waals surface area contributed by atoms with E-state index in [1.165, 1.54) is 11.1 Å². The van der Waals surface area contributed by atoms with E-state index in [0.29, 0.717) is 0 Å². The fraction of sp³-hybridized carbons (Fsp3) is 0.143. The van der Waals surface area contributed by atoms with Gasteiger partial charge in [-0.2, -0.15) is 0 Å². The summed E-state index contributed by atoms with van der Waals surface area (Å²) in [6.45, 7) is 0. The normalized spacial score (nSPS) is 26.7. The van der Waals surface area contributed by atoms with Crippen LogP contribution >= 0.6 is 0 Å². The third-order valence-corrected chi connectivity index (χ3v) is 5.04. The predicted octanol–water partition coefficient (Wildman–Crippen LogP) is 3.34. The maximum atomic E-state index is 2.37. The van der Waals surface area contributed by atoms with Crippen LogP contribution in [0.25, 0.3) is 6.08 Å². The maximum absolute atomic E-state index is 2.37. The van der Waals surface area contributed by atoms with Gasteiger partial charge in [-0.05, 0) is 0 Å². The first kappa shape index (κ1) is 9.54. The van der Waals surface area contributed by atoms with Crippen LogP contribution in [0.4, 0.5) is 0 Å². The van der Waals surface area contributed by atoms with Crippen LogP contribution in [-0.4, -0.2) is 0 Å². The summed E-state index contributed by atoms with van der Waals surface area (Å²) < 4.78 is 0.215. The molecule has 0 N–H and O–H groups in total. The topological polar surface area (TPSA) is 0 Å². The van der Waals surface area contributed by atoms with E-state index in [-0.39, 0.29) is 3.12 Å². The zero-order valence-electron chi connectivity index (χ0n) is 8.40. The summed E-state index contributed by atoms with van der Waals surface area (Å²) in [4.78, 5) is 0. The Morgan fingerprint density at radius 2 is 2.07 bits per heavy atom. The first-order valence-electron chi connectivity index (χ1n) is 5.21. The van der Waals surface area contributed by atoms with Crippen molar-refractivity contribution >= 4 is 6.08 Å². The zero-order valence-corrected chi connectivity index (χ0v) is 10.9. The van der Waals surface area contributed by atoms with Crippen molar-refractivity contribution < 1.29 is 24.7 Å². The van der Waals surface area contributed by atoms with Crippen LogP contribution in [0.2, 0.25) is 0 Å². The van der Waals surface area contributed by atoms with Crippen molar-refractivity contribution in [2.24, 2.45) is 0 Å². The zero-order chi connectivity index (χ0) is 10.3. The van der Waals surface area contributed by atoms with E-state index in [1.54, 1.807) is 30.3 Å². The van der Waals surface area contributed by atoms with Crippen LogP contribution in [0, 0.1) is 0 Å². The molecule has 0 amide bonds. The van der Waals surface area contributed by atoms with Crippen molar-refractivity contribution in [2.75, 3.05) is 0 Å². The second kappa shape index (κ2) is 3.42. The summed E-state index contributed by atoms with van der Waals surface area (Å²) in [7, 11) is 0. The Morgan fingerprint density at radius 3 is 2.87 bits per heavy atom. The molecule has 0 aliphatic heterocycles. The third-order valence-electron chi connectivity index (χ3n) is 3.18. The van der Waals surface area contributed by atoms with Crippen molar-refractivity contribution in [3.63, 3.8) is 0 Å². The van der Waals surface area contributed by atoms with Gasteiger partial charge in [0.25, 0.3) is 0 Å². The molecule has 0 heterocycles. The van der Waals surface area contributed by atoms with Crippen molar-refractivity contribution in [1.82, 2.24) is 0 Å². The Labute approximate surface area is 105 Å². The molecular formula is C14H11Zr. The SMILES string of the molecule is [Zr][C]1(C2=CC=CC2)C=Cc2ccccc21. The van der Waals surface area contributed by atoms with E-state index in [2.05, 4.69) is 54.6 Å². The van der Waals surface area contributed by atoms with Crippen molar-refractivity contribution in [1.29, 1.82) is 0 Å². The molecule has 15 heavy (non-hydrogen) atoms. The van der Waals surface area contributed by atoms with Crippen LogP contribution in [0.3, 0.4) is 0 Å². The summed E-state index contributed by atoms with van der Waals surface area (Å²) in [5, 5.41) is 0. The Hall–Kier alpha value is -0.677. The number of hydrogen-bond donors (Lipinski definition) is 0. The minimum absolute atomic E-state index is 0.215. The van der Waals surface area contributed by atoms with Gasteiger partial charge < -0.3 is 0 Å². The van der Waals surface area contributed by atoms with Crippen LogP contribution in [-0.2, 0) is 27.8 Å². The van der Waals surface area contributed by atoms with Gasteiger partial charge in [0.05, 0.1) is 0 Å². The molecule has 2 aliphatic rings. The van der Waals surface area contributed by atoms with E-state index in [0.717, 1.165) is 6.42 Å². The molecule has 2 aliphatic carbocycles. The number of rotatable bonds is 1. The van der Waals surface area contributed by atoms with E-state index >= 15 is 0 Å². The van der Waals surface area contributed by atoms with Crippen molar-refractivity contribution in [2.45, 2.75) is 9.54 Å². The number of allylic oxidation sites excluding steroid dienone is 5. The van der Waals surface area contributed by atoms with Crippen LogP contribution in [0.1, 0.15) is 17.5 Å². The van der Waals surface area contributed by atoms with Crippen molar-refractivity contribution in [3.8, 4) is 0 Å². The molecule has 1 unspecified atom stereocenters. The van der Waals surface area contributed by atoms with Gasteiger partial charge in [0.2, 0.25) is 0 Å². The fourth-order valence-corrected chi connectivity index (χ4v) is 3.55. The molecule has 0 nitrogen and oxygen atoms in total. The van der Waals surface area contributed by atoms with E-state index in [1.807, 2.05) is 0 Å². The standard InChI is InChI=1S/C14H11.Zr/c1-2-6-11(5-1)14-10-9-12-7-3-4-8-13(12)14;/h1-5,7-10H,6H2;. The third kappa shape index (κ3) is 1.37. The summed E-state index contributed by atoms with van der Waals surface area (Å²) in [6.07, 6.45) is 12.5. The van der Waals surface area contributed by atoms with Gasteiger partial charge in [-0.3, -0.25) is 0 Å². The molecule has 0 fully saturated rings. The molecule has 1 aromatic rings. The van der Waals surface area contributed by atoms with Crippen LogP contribution < -0.4 is 0 Å². The van der Waals surface area contributed by atoms with Gasteiger partial charge in [0.1, 0.15) is 0 Å². The Kier molecular flexibility index (Phi) is 2.18. The minimum atomic E-state index is 0.215. The molecule has 0 radical (unpaired) electrons. The number of fused-ring (bicyclic) bond motifs is 1. The average molecular weight is 270 g/mol. The summed E-state index contributed by atoms with van der Waals surface area (Å²) >= 11 is 1.56. The molecule has 71 valence electrons. The van der Waals surface area contributed by atoms with Gasteiger partial charge in [-0.1, -0.05) is 0 Å². The van der Waals surface area contributed by atoms with Gasteiger partial charge in [0.15, 0.2) is 0 Å².